The maximum absolute atomic E-state index is 13.1. The van der Waals surface area contributed by atoms with Gasteiger partial charge in [0, 0.05) is 12.2 Å². The first-order valence-electron chi connectivity index (χ1n) is 6.30. The van der Waals surface area contributed by atoms with Gasteiger partial charge in [0.1, 0.15) is 5.82 Å². The van der Waals surface area contributed by atoms with Gasteiger partial charge in [-0.05, 0) is 29.8 Å². The minimum Gasteiger partial charge on any atom is -0.377 e. The molecule has 0 amide bonds. The summed E-state index contributed by atoms with van der Waals surface area (Å²) in [6.07, 6.45) is -4.46. The maximum atomic E-state index is 13.1. The van der Waals surface area contributed by atoms with Crippen LogP contribution in [0.3, 0.4) is 0 Å². The highest BCUT2D eigenvalue weighted by Gasteiger charge is 2.34. The first-order valence-corrected chi connectivity index (χ1v) is 6.30. The van der Waals surface area contributed by atoms with Crippen LogP contribution < -0.4 is 11.1 Å². The second kappa shape index (κ2) is 6.13. The van der Waals surface area contributed by atoms with Crippen molar-refractivity contribution in [1.82, 2.24) is 0 Å². The van der Waals surface area contributed by atoms with Crippen molar-refractivity contribution >= 4 is 5.69 Å². The lowest BCUT2D eigenvalue weighted by Crippen LogP contribution is -2.24. The molecule has 0 spiro atoms. The zero-order valence-electron chi connectivity index (χ0n) is 11.0. The molecule has 0 radical (unpaired) electrons. The topological polar surface area (TPSA) is 38.0 Å². The molecule has 1 atom stereocenters. The monoisotopic (exact) mass is 298 g/mol. The lowest BCUT2D eigenvalue weighted by atomic mass is 9.99. The van der Waals surface area contributed by atoms with Crippen LogP contribution >= 0.6 is 0 Å². The molecule has 112 valence electrons. The Labute approximate surface area is 119 Å². The van der Waals surface area contributed by atoms with Crippen LogP contribution in [-0.4, -0.2) is 6.54 Å². The van der Waals surface area contributed by atoms with E-state index in [1.165, 1.54) is 36.4 Å². The van der Waals surface area contributed by atoms with E-state index < -0.39 is 23.6 Å². The van der Waals surface area contributed by atoms with Crippen molar-refractivity contribution in [2.24, 2.45) is 5.73 Å². The summed E-state index contributed by atoms with van der Waals surface area (Å²) in [5.74, 6) is -0.472. The van der Waals surface area contributed by atoms with E-state index >= 15 is 0 Å². The van der Waals surface area contributed by atoms with Crippen LogP contribution in [-0.2, 0) is 6.18 Å². The molecule has 0 aliphatic heterocycles. The van der Waals surface area contributed by atoms with Crippen molar-refractivity contribution in [3.05, 3.63) is 65.5 Å². The summed E-state index contributed by atoms with van der Waals surface area (Å²) in [6.45, 7) is -0.0520. The molecule has 3 N–H and O–H groups in total. The van der Waals surface area contributed by atoms with Gasteiger partial charge in [-0.2, -0.15) is 13.2 Å². The molecule has 0 fully saturated rings. The molecule has 0 saturated carbocycles. The first-order chi connectivity index (χ1) is 9.91. The zero-order chi connectivity index (χ0) is 15.5. The Morgan fingerprint density at radius 1 is 1.05 bits per heavy atom. The molecule has 0 aromatic heterocycles. The number of halogens is 4. The van der Waals surface area contributed by atoms with Crippen LogP contribution in [0.25, 0.3) is 0 Å². The smallest absolute Gasteiger partial charge is 0.377 e. The largest absolute Gasteiger partial charge is 0.416 e. The Hall–Kier alpha value is -2.08. The molecular formula is C15H14F4N2. The number of nitrogens with two attached hydrogens (primary N) is 1. The van der Waals surface area contributed by atoms with Gasteiger partial charge in [0.15, 0.2) is 0 Å². The fraction of sp³-hybridized carbons (Fsp3) is 0.200. The fourth-order valence-corrected chi connectivity index (χ4v) is 2.10. The van der Waals surface area contributed by atoms with E-state index in [2.05, 4.69) is 5.32 Å². The minimum absolute atomic E-state index is 0.0387. The Morgan fingerprint density at radius 3 is 2.38 bits per heavy atom. The summed E-state index contributed by atoms with van der Waals surface area (Å²) >= 11 is 0. The van der Waals surface area contributed by atoms with E-state index in [0.29, 0.717) is 5.69 Å². The molecule has 0 heterocycles. The van der Waals surface area contributed by atoms with E-state index in [4.69, 9.17) is 5.73 Å². The lowest BCUT2D eigenvalue weighted by molar-refractivity contribution is -0.138. The third-order valence-corrected chi connectivity index (χ3v) is 3.04. The second-order valence-electron chi connectivity index (χ2n) is 4.53. The van der Waals surface area contributed by atoms with Crippen LogP contribution in [0.5, 0.6) is 0 Å². The number of hydrogen-bond acceptors (Lipinski definition) is 2. The summed E-state index contributed by atoms with van der Waals surface area (Å²) in [7, 11) is 0. The van der Waals surface area contributed by atoms with Gasteiger partial charge in [-0.25, -0.2) is 4.39 Å². The SMILES string of the molecule is NCC(Nc1cccc(F)c1)c1ccccc1C(F)(F)F. The first kappa shape index (κ1) is 15.3. The average molecular weight is 298 g/mol. The number of hydrogen-bond donors (Lipinski definition) is 2. The van der Waals surface area contributed by atoms with E-state index in [0.717, 1.165) is 6.07 Å². The number of nitrogens with one attached hydrogen (secondary N) is 1. The molecule has 6 heteroatoms. The molecule has 2 aromatic rings. The van der Waals surface area contributed by atoms with Crippen molar-refractivity contribution in [1.29, 1.82) is 0 Å². The summed E-state index contributed by atoms with van der Waals surface area (Å²) in [6, 6.07) is 9.96. The summed E-state index contributed by atoms with van der Waals surface area (Å²) in [4.78, 5) is 0. The van der Waals surface area contributed by atoms with Gasteiger partial charge in [0.25, 0.3) is 0 Å². The van der Waals surface area contributed by atoms with Gasteiger partial charge < -0.3 is 11.1 Å². The standard InChI is InChI=1S/C15H14F4N2/c16-10-4-3-5-11(8-10)21-14(9-20)12-6-1-2-7-13(12)15(17,18)19/h1-8,14,21H,9,20H2. The third-order valence-electron chi connectivity index (χ3n) is 3.04. The molecule has 0 bridgehead atoms. The van der Waals surface area contributed by atoms with Crippen LogP contribution in [0.15, 0.2) is 48.5 Å². The Morgan fingerprint density at radius 2 is 1.76 bits per heavy atom. The van der Waals surface area contributed by atoms with Gasteiger partial charge in [0.05, 0.1) is 11.6 Å². The highest BCUT2D eigenvalue weighted by molar-refractivity contribution is 5.47. The molecule has 1 unspecified atom stereocenters. The van der Waals surface area contributed by atoms with Gasteiger partial charge in [-0.3, -0.25) is 0 Å². The average Bonchev–Trinajstić information content (AvgIpc) is 2.44. The predicted molar refractivity (Wildman–Crippen MR) is 73.3 cm³/mol. The fourth-order valence-electron chi connectivity index (χ4n) is 2.10. The van der Waals surface area contributed by atoms with Crippen LogP contribution in [0.4, 0.5) is 23.2 Å². The van der Waals surface area contributed by atoms with Crippen molar-refractivity contribution in [3.8, 4) is 0 Å². The Bertz CT molecular complexity index is 611. The van der Waals surface area contributed by atoms with Gasteiger partial charge >= 0.3 is 6.18 Å². The van der Waals surface area contributed by atoms with Crippen molar-refractivity contribution in [3.63, 3.8) is 0 Å². The number of anilines is 1. The van der Waals surface area contributed by atoms with Crippen LogP contribution in [0, 0.1) is 5.82 Å². The summed E-state index contributed by atoms with van der Waals surface area (Å²) in [5.41, 5.74) is 5.25. The highest BCUT2D eigenvalue weighted by atomic mass is 19.4. The number of alkyl halides is 3. The molecule has 2 rings (SSSR count). The number of rotatable bonds is 4. The summed E-state index contributed by atoms with van der Waals surface area (Å²) < 4.78 is 52.2. The molecule has 0 aliphatic rings. The zero-order valence-corrected chi connectivity index (χ0v) is 11.0. The maximum Gasteiger partial charge on any atom is 0.416 e. The second-order valence-corrected chi connectivity index (χ2v) is 4.53. The summed E-state index contributed by atoms with van der Waals surface area (Å²) in [5, 5.41) is 2.83. The number of benzene rings is 2. The van der Waals surface area contributed by atoms with E-state index in [-0.39, 0.29) is 12.1 Å². The Kier molecular flexibility index (Phi) is 4.47. The molecular weight excluding hydrogens is 284 g/mol. The van der Waals surface area contributed by atoms with Gasteiger partial charge in [-0.15, -0.1) is 0 Å². The van der Waals surface area contributed by atoms with Crippen LogP contribution in [0.1, 0.15) is 17.2 Å². The highest BCUT2D eigenvalue weighted by Crippen LogP contribution is 2.35. The normalized spacial score (nSPS) is 13.0. The minimum atomic E-state index is -4.46. The van der Waals surface area contributed by atoms with Crippen molar-refractivity contribution < 1.29 is 17.6 Å². The van der Waals surface area contributed by atoms with Crippen molar-refractivity contribution in [2.75, 3.05) is 11.9 Å². The van der Waals surface area contributed by atoms with Gasteiger partial charge in [0.2, 0.25) is 0 Å². The molecule has 0 aliphatic carbocycles. The van der Waals surface area contributed by atoms with Crippen molar-refractivity contribution in [2.45, 2.75) is 12.2 Å². The van der Waals surface area contributed by atoms with E-state index in [1.54, 1.807) is 6.07 Å². The molecule has 0 saturated heterocycles. The van der Waals surface area contributed by atoms with Crippen LogP contribution in [0.2, 0.25) is 0 Å². The quantitative estimate of drug-likeness (QED) is 0.839. The van der Waals surface area contributed by atoms with E-state index in [1.807, 2.05) is 0 Å². The van der Waals surface area contributed by atoms with Gasteiger partial charge in [-0.1, -0.05) is 24.3 Å². The van der Waals surface area contributed by atoms with E-state index in [9.17, 15) is 17.6 Å². The molecule has 21 heavy (non-hydrogen) atoms. The predicted octanol–water partition coefficient (Wildman–Crippen LogP) is 3.96. The molecule has 2 aromatic carbocycles. The lowest BCUT2D eigenvalue weighted by Gasteiger charge is -2.22. The third kappa shape index (κ3) is 3.72. The molecule has 2 nitrogen and oxygen atoms in total. The Balaban J connectivity index is 2.34.